The molecule has 0 aliphatic rings. The normalized spacial score (nSPS) is 11.3. The lowest BCUT2D eigenvalue weighted by molar-refractivity contribution is -0.137. The molecule has 0 bridgehead atoms. The third kappa shape index (κ3) is 5.33. The Bertz CT molecular complexity index is 847. The summed E-state index contributed by atoms with van der Waals surface area (Å²) < 4.78 is 43.1. The number of nitrogens with zero attached hydrogens (tertiary/aromatic N) is 1. The molecule has 6 nitrogen and oxygen atoms in total. The van der Waals surface area contributed by atoms with E-state index in [0.717, 1.165) is 12.1 Å². The third-order valence-corrected chi connectivity index (χ3v) is 3.53. The van der Waals surface area contributed by atoms with Crippen LogP contribution in [0, 0.1) is 13.8 Å². The average molecular weight is 369 g/mol. The number of amides is 1. The second-order valence-corrected chi connectivity index (χ2v) is 5.62. The molecule has 9 heteroatoms. The summed E-state index contributed by atoms with van der Waals surface area (Å²) in [7, 11) is 0. The van der Waals surface area contributed by atoms with Crippen LogP contribution in [0.25, 0.3) is 0 Å². The highest BCUT2D eigenvalue weighted by atomic mass is 19.4. The van der Waals surface area contributed by atoms with Crippen molar-refractivity contribution in [2.75, 3.05) is 13.2 Å². The molecule has 1 aromatic carbocycles. The van der Waals surface area contributed by atoms with Crippen molar-refractivity contribution in [1.82, 2.24) is 15.3 Å². The van der Waals surface area contributed by atoms with Gasteiger partial charge in [-0.3, -0.25) is 9.59 Å². The van der Waals surface area contributed by atoms with Crippen molar-refractivity contribution in [2.24, 2.45) is 0 Å². The zero-order valence-electron chi connectivity index (χ0n) is 14.2. The van der Waals surface area contributed by atoms with Crippen LogP contribution in [0.15, 0.2) is 29.1 Å². The Hall–Kier alpha value is -2.84. The molecule has 0 aliphatic heterocycles. The minimum absolute atomic E-state index is 0.00542. The second-order valence-electron chi connectivity index (χ2n) is 5.62. The number of ether oxygens (including phenoxy) is 1. The molecule has 0 fully saturated rings. The number of rotatable bonds is 6. The fourth-order valence-corrected chi connectivity index (χ4v) is 2.30. The molecule has 0 atom stereocenters. The first kappa shape index (κ1) is 19.5. The summed E-state index contributed by atoms with van der Waals surface area (Å²) in [5, 5.41) is 2.55. The lowest BCUT2D eigenvalue weighted by Crippen LogP contribution is -2.32. The Labute approximate surface area is 147 Å². The highest BCUT2D eigenvalue weighted by Crippen LogP contribution is 2.31. The summed E-state index contributed by atoms with van der Waals surface area (Å²) in [5.41, 5.74) is -0.431. The fourth-order valence-electron chi connectivity index (χ4n) is 2.30. The molecule has 0 radical (unpaired) electrons. The molecular weight excluding hydrogens is 351 g/mol. The summed E-state index contributed by atoms with van der Waals surface area (Å²) in [4.78, 5) is 30.4. The largest absolute Gasteiger partial charge is 0.492 e. The van der Waals surface area contributed by atoms with Crippen LogP contribution in [-0.2, 0) is 17.4 Å². The topological polar surface area (TPSA) is 84.1 Å². The first-order valence-electron chi connectivity index (χ1n) is 7.80. The number of aromatic amines is 1. The summed E-state index contributed by atoms with van der Waals surface area (Å²) in [6.45, 7) is 3.37. The molecule has 1 aromatic heterocycles. The van der Waals surface area contributed by atoms with Crippen LogP contribution in [-0.4, -0.2) is 29.0 Å². The number of aryl methyl sites for hydroxylation is 2. The number of benzene rings is 1. The highest BCUT2D eigenvalue weighted by Gasteiger charge is 2.30. The van der Waals surface area contributed by atoms with Crippen LogP contribution >= 0.6 is 0 Å². The van der Waals surface area contributed by atoms with Crippen LogP contribution in [0.1, 0.15) is 22.6 Å². The van der Waals surface area contributed by atoms with Gasteiger partial charge in [0.1, 0.15) is 18.2 Å². The van der Waals surface area contributed by atoms with Gasteiger partial charge < -0.3 is 15.0 Å². The summed E-state index contributed by atoms with van der Waals surface area (Å²) in [5.74, 6) is 0.118. The standard InChI is InChI=1S/C17H18F3N3O3/c1-10-14(16(25)23-11(2)22-10)9-15(24)21-6-7-26-13-5-3-4-12(8-13)17(18,19)20/h3-5,8H,6-7,9H2,1-2H3,(H,21,24)(H,22,23,25). The van der Waals surface area contributed by atoms with Gasteiger partial charge in [0.2, 0.25) is 5.91 Å². The van der Waals surface area contributed by atoms with Crippen LogP contribution in [0.5, 0.6) is 5.75 Å². The quantitative estimate of drug-likeness (QED) is 0.764. The predicted molar refractivity (Wildman–Crippen MR) is 88.0 cm³/mol. The first-order chi connectivity index (χ1) is 12.2. The molecule has 0 aliphatic carbocycles. The van der Waals surface area contributed by atoms with Crippen molar-refractivity contribution < 1.29 is 22.7 Å². The molecule has 0 unspecified atom stereocenters. The van der Waals surface area contributed by atoms with Crippen molar-refractivity contribution in [3.05, 3.63) is 57.3 Å². The van der Waals surface area contributed by atoms with E-state index in [2.05, 4.69) is 15.3 Å². The number of nitrogens with one attached hydrogen (secondary N) is 2. The zero-order valence-corrected chi connectivity index (χ0v) is 14.2. The first-order valence-corrected chi connectivity index (χ1v) is 7.80. The van der Waals surface area contributed by atoms with Crippen molar-refractivity contribution in [2.45, 2.75) is 26.4 Å². The van der Waals surface area contributed by atoms with Crippen molar-refractivity contribution in [3.63, 3.8) is 0 Å². The number of hydrogen-bond donors (Lipinski definition) is 2. The molecular formula is C17H18F3N3O3. The summed E-state index contributed by atoms with van der Waals surface area (Å²) >= 11 is 0. The van der Waals surface area contributed by atoms with E-state index in [1.807, 2.05) is 0 Å². The van der Waals surface area contributed by atoms with E-state index in [4.69, 9.17) is 4.74 Å². The third-order valence-electron chi connectivity index (χ3n) is 3.53. The van der Waals surface area contributed by atoms with Crippen LogP contribution in [0.2, 0.25) is 0 Å². The second kappa shape index (κ2) is 8.03. The van der Waals surface area contributed by atoms with E-state index in [1.165, 1.54) is 12.1 Å². The Kier molecular flexibility index (Phi) is 6.01. The van der Waals surface area contributed by atoms with E-state index in [9.17, 15) is 22.8 Å². The number of aromatic nitrogens is 2. The molecule has 0 spiro atoms. The van der Waals surface area contributed by atoms with Crippen molar-refractivity contribution in [3.8, 4) is 5.75 Å². The average Bonchev–Trinajstić information content (AvgIpc) is 2.54. The van der Waals surface area contributed by atoms with Gasteiger partial charge in [0.05, 0.1) is 18.5 Å². The number of carbonyl (C=O) groups excluding carboxylic acids is 1. The van der Waals surface area contributed by atoms with Gasteiger partial charge in [-0.25, -0.2) is 4.98 Å². The Morgan fingerprint density at radius 3 is 2.69 bits per heavy atom. The molecule has 2 N–H and O–H groups in total. The van der Waals surface area contributed by atoms with Gasteiger partial charge in [-0.05, 0) is 32.0 Å². The van der Waals surface area contributed by atoms with Gasteiger partial charge in [0, 0.05) is 11.3 Å². The Morgan fingerprint density at radius 2 is 2.04 bits per heavy atom. The molecule has 1 heterocycles. The van der Waals surface area contributed by atoms with E-state index >= 15 is 0 Å². The predicted octanol–water partition coefficient (Wildman–Crippen LogP) is 2.14. The van der Waals surface area contributed by atoms with Crippen LogP contribution < -0.4 is 15.6 Å². The summed E-state index contributed by atoms with van der Waals surface area (Å²) in [6, 6.07) is 4.49. The van der Waals surface area contributed by atoms with Gasteiger partial charge in [0.15, 0.2) is 0 Å². The molecule has 0 saturated heterocycles. The van der Waals surface area contributed by atoms with E-state index in [0.29, 0.717) is 11.5 Å². The number of hydrogen-bond acceptors (Lipinski definition) is 4. The van der Waals surface area contributed by atoms with Gasteiger partial charge in [-0.2, -0.15) is 13.2 Å². The number of carbonyl (C=O) groups is 1. The lowest BCUT2D eigenvalue weighted by atomic mass is 10.1. The minimum Gasteiger partial charge on any atom is -0.492 e. The minimum atomic E-state index is -4.44. The van der Waals surface area contributed by atoms with Crippen LogP contribution in [0.3, 0.4) is 0 Å². The maximum Gasteiger partial charge on any atom is 0.416 e. The lowest BCUT2D eigenvalue weighted by Gasteiger charge is -2.11. The Balaban J connectivity index is 1.84. The van der Waals surface area contributed by atoms with Gasteiger partial charge in [0.25, 0.3) is 5.56 Å². The van der Waals surface area contributed by atoms with Crippen molar-refractivity contribution >= 4 is 5.91 Å². The monoisotopic (exact) mass is 369 g/mol. The molecule has 140 valence electrons. The highest BCUT2D eigenvalue weighted by molar-refractivity contribution is 5.78. The number of H-pyrrole nitrogens is 1. The SMILES string of the molecule is Cc1nc(C)c(CC(=O)NCCOc2cccc(C(F)(F)F)c2)c(=O)[nH]1. The van der Waals surface area contributed by atoms with Gasteiger partial charge in [-0.1, -0.05) is 6.07 Å². The molecule has 1 amide bonds. The summed E-state index contributed by atoms with van der Waals surface area (Å²) in [6.07, 6.45) is -4.58. The van der Waals surface area contributed by atoms with Crippen molar-refractivity contribution in [1.29, 1.82) is 0 Å². The van der Waals surface area contributed by atoms with E-state index in [1.54, 1.807) is 13.8 Å². The maximum absolute atomic E-state index is 12.6. The number of halogens is 3. The fraction of sp³-hybridized carbons (Fsp3) is 0.353. The Morgan fingerprint density at radius 1 is 1.31 bits per heavy atom. The maximum atomic E-state index is 12.6. The smallest absolute Gasteiger partial charge is 0.416 e. The van der Waals surface area contributed by atoms with Gasteiger partial charge in [-0.15, -0.1) is 0 Å². The molecule has 2 aromatic rings. The molecule has 2 rings (SSSR count). The van der Waals surface area contributed by atoms with Crippen LogP contribution in [0.4, 0.5) is 13.2 Å². The zero-order chi connectivity index (χ0) is 19.3. The van der Waals surface area contributed by atoms with Gasteiger partial charge >= 0.3 is 6.18 Å². The van der Waals surface area contributed by atoms with E-state index < -0.39 is 17.6 Å². The number of alkyl halides is 3. The van der Waals surface area contributed by atoms with E-state index in [-0.39, 0.29) is 36.4 Å². The molecule has 26 heavy (non-hydrogen) atoms. The molecule has 0 saturated carbocycles.